The lowest BCUT2D eigenvalue weighted by Crippen LogP contribution is -2.24. The molecule has 0 N–H and O–H groups in total. The molecule has 182 valence electrons. The van der Waals surface area contributed by atoms with E-state index in [0.29, 0.717) is 35.9 Å². The number of aryl methyl sites for hydroxylation is 1. The molecule has 0 radical (unpaired) electrons. The van der Waals surface area contributed by atoms with Crippen molar-refractivity contribution in [1.82, 2.24) is 19.4 Å². The number of rotatable bonds is 10. The number of hydrogen-bond donors (Lipinski definition) is 0. The molecule has 0 bridgehead atoms. The summed E-state index contributed by atoms with van der Waals surface area (Å²) in [5, 5.41) is 0. The number of imidazole rings is 1. The van der Waals surface area contributed by atoms with E-state index in [1.807, 2.05) is 29.0 Å². The predicted molar refractivity (Wildman–Crippen MR) is 133 cm³/mol. The van der Waals surface area contributed by atoms with Crippen LogP contribution in [0.25, 0.3) is 5.57 Å². The first-order valence-electron chi connectivity index (χ1n) is 10.9. The first-order chi connectivity index (χ1) is 16.8. The maximum atomic E-state index is 13.4. The van der Waals surface area contributed by atoms with Gasteiger partial charge in [0.2, 0.25) is 11.9 Å². The molecule has 0 fully saturated rings. The topological polar surface area (TPSA) is 69.5 Å². The fraction of sp³-hybridized carbons (Fsp3) is 0.222. The third-order valence-electron chi connectivity index (χ3n) is 5.33. The Bertz CT molecular complexity index is 1230. The molecule has 1 amide bonds. The highest BCUT2D eigenvalue weighted by Gasteiger charge is 2.10. The summed E-state index contributed by atoms with van der Waals surface area (Å²) >= 11 is 0. The van der Waals surface area contributed by atoms with Crippen molar-refractivity contribution in [2.45, 2.75) is 20.0 Å². The van der Waals surface area contributed by atoms with Crippen LogP contribution < -0.4 is 9.47 Å². The van der Waals surface area contributed by atoms with Crippen molar-refractivity contribution >= 4 is 11.5 Å². The molecule has 0 saturated carbocycles. The number of carbonyl (C=O) groups excluding carboxylic acids is 1. The van der Waals surface area contributed by atoms with Crippen LogP contribution in [0.2, 0.25) is 0 Å². The summed E-state index contributed by atoms with van der Waals surface area (Å²) in [6, 6.07) is 8.46. The summed E-state index contributed by atoms with van der Waals surface area (Å²) in [4.78, 5) is 22.4. The first kappa shape index (κ1) is 25.4. The quantitative estimate of drug-likeness (QED) is 0.243. The fourth-order valence-corrected chi connectivity index (χ4v) is 3.52. The van der Waals surface area contributed by atoms with Crippen LogP contribution in [0.4, 0.5) is 4.39 Å². The molecule has 2 aromatic heterocycles. The van der Waals surface area contributed by atoms with Crippen molar-refractivity contribution < 1.29 is 18.7 Å². The number of halogens is 1. The summed E-state index contributed by atoms with van der Waals surface area (Å²) in [7, 11) is 4.90. The normalized spacial score (nSPS) is 11.5. The van der Waals surface area contributed by atoms with Crippen LogP contribution in [0, 0.1) is 12.9 Å². The molecule has 0 spiro atoms. The predicted octanol–water partition coefficient (Wildman–Crippen LogP) is 4.60. The lowest BCUT2D eigenvalue weighted by molar-refractivity contribution is -0.125. The number of carbonyl (C=O) groups is 1. The van der Waals surface area contributed by atoms with Gasteiger partial charge in [-0.3, -0.25) is 4.79 Å². The Morgan fingerprint density at radius 2 is 1.89 bits per heavy atom. The highest BCUT2D eigenvalue weighted by atomic mass is 19.1. The van der Waals surface area contributed by atoms with Gasteiger partial charge in [-0.05, 0) is 54.0 Å². The van der Waals surface area contributed by atoms with E-state index < -0.39 is 5.95 Å². The zero-order chi connectivity index (χ0) is 25.4. The monoisotopic (exact) mass is 476 g/mol. The molecule has 0 aliphatic carbocycles. The second kappa shape index (κ2) is 11.8. The van der Waals surface area contributed by atoms with Crippen molar-refractivity contribution in [2.75, 3.05) is 21.3 Å². The van der Waals surface area contributed by atoms with Gasteiger partial charge < -0.3 is 18.9 Å². The summed E-state index contributed by atoms with van der Waals surface area (Å²) in [5.74, 6) is 0.605. The number of hydrogen-bond acceptors (Lipinski definition) is 5. The number of aromatic nitrogens is 3. The fourth-order valence-electron chi connectivity index (χ4n) is 3.52. The highest BCUT2D eigenvalue weighted by molar-refractivity contribution is 5.88. The molecule has 2 heterocycles. The first-order valence-corrected chi connectivity index (χ1v) is 10.9. The number of benzene rings is 1. The standard InChI is InChI=1S/C27H29FN4O3/c1-19(25-7-8-26(28)30-20(25)2)12-21(17-32-11-10-29-18-32)6-9-27(33)31(3)16-22-13-23(34-4)15-24(14-22)35-5/h6-15,18H,1,16-17H2,2-5H3/b9-6+,21-12+. The van der Waals surface area contributed by atoms with Gasteiger partial charge in [-0.2, -0.15) is 4.39 Å². The largest absolute Gasteiger partial charge is 0.497 e. The minimum absolute atomic E-state index is 0.173. The van der Waals surface area contributed by atoms with E-state index in [-0.39, 0.29) is 5.91 Å². The molecule has 0 saturated heterocycles. The average molecular weight is 477 g/mol. The third kappa shape index (κ3) is 7.14. The lowest BCUT2D eigenvalue weighted by Gasteiger charge is -2.17. The van der Waals surface area contributed by atoms with Crippen LogP contribution in [0.15, 0.2) is 79.4 Å². The van der Waals surface area contributed by atoms with E-state index in [1.54, 1.807) is 63.8 Å². The van der Waals surface area contributed by atoms with E-state index in [2.05, 4.69) is 16.5 Å². The van der Waals surface area contributed by atoms with Crippen LogP contribution in [-0.2, 0) is 17.9 Å². The van der Waals surface area contributed by atoms with Gasteiger partial charge in [0, 0.05) is 55.9 Å². The molecule has 0 atom stereocenters. The number of nitrogens with zero attached hydrogens (tertiary/aromatic N) is 4. The number of ether oxygens (including phenoxy) is 2. The Labute approximate surface area is 204 Å². The second-order valence-corrected chi connectivity index (χ2v) is 8.00. The van der Waals surface area contributed by atoms with Gasteiger partial charge >= 0.3 is 0 Å². The van der Waals surface area contributed by atoms with Gasteiger partial charge in [0.1, 0.15) is 11.5 Å². The van der Waals surface area contributed by atoms with Crippen molar-refractivity contribution in [3.8, 4) is 11.5 Å². The van der Waals surface area contributed by atoms with Crippen LogP contribution >= 0.6 is 0 Å². The SMILES string of the molecule is C=C(/C=C(\C=C\C(=O)N(C)Cc1cc(OC)cc(OC)c1)Cn1ccnc1)c1ccc(F)nc1C. The second-order valence-electron chi connectivity index (χ2n) is 8.00. The average Bonchev–Trinajstić information content (AvgIpc) is 3.34. The molecule has 8 heteroatoms. The zero-order valence-electron chi connectivity index (χ0n) is 20.4. The minimum atomic E-state index is -0.538. The van der Waals surface area contributed by atoms with Crippen LogP contribution in [0.3, 0.4) is 0 Å². The number of pyridine rings is 1. The van der Waals surface area contributed by atoms with Crippen LogP contribution in [-0.4, -0.2) is 46.6 Å². The number of allylic oxidation sites excluding steroid dienone is 4. The van der Waals surface area contributed by atoms with E-state index >= 15 is 0 Å². The van der Waals surface area contributed by atoms with E-state index in [0.717, 1.165) is 16.7 Å². The maximum Gasteiger partial charge on any atom is 0.246 e. The van der Waals surface area contributed by atoms with Crippen molar-refractivity contribution in [1.29, 1.82) is 0 Å². The van der Waals surface area contributed by atoms with E-state index in [1.165, 1.54) is 12.1 Å². The molecule has 7 nitrogen and oxygen atoms in total. The Morgan fingerprint density at radius 1 is 1.17 bits per heavy atom. The Hall–Kier alpha value is -4.20. The molecular weight excluding hydrogens is 447 g/mol. The zero-order valence-corrected chi connectivity index (χ0v) is 20.4. The molecular formula is C27H29FN4O3. The smallest absolute Gasteiger partial charge is 0.246 e. The molecule has 1 aromatic carbocycles. The molecule has 35 heavy (non-hydrogen) atoms. The number of methoxy groups -OCH3 is 2. The van der Waals surface area contributed by atoms with Crippen molar-refractivity contribution in [3.63, 3.8) is 0 Å². The summed E-state index contributed by atoms with van der Waals surface area (Å²) in [5.41, 5.74) is 3.65. The van der Waals surface area contributed by atoms with E-state index in [4.69, 9.17) is 9.47 Å². The Balaban J connectivity index is 1.79. The summed E-state index contributed by atoms with van der Waals surface area (Å²) < 4.78 is 25.9. The molecule has 0 aliphatic heterocycles. The molecule has 3 rings (SSSR count). The summed E-state index contributed by atoms with van der Waals surface area (Å²) in [6.45, 7) is 6.71. The van der Waals surface area contributed by atoms with Gasteiger partial charge in [0.05, 0.1) is 20.5 Å². The van der Waals surface area contributed by atoms with Gasteiger partial charge in [-0.15, -0.1) is 0 Å². The molecule has 0 unspecified atom stereocenters. The van der Waals surface area contributed by atoms with Gasteiger partial charge in [0.15, 0.2) is 0 Å². The lowest BCUT2D eigenvalue weighted by atomic mass is 10.0. The maximum absolute atomic E-state index is 13.4. The number of likely N-dealkylation sites (N-methyl/N-ethyl adjacent to an activating group) is 1. The minimum Gasteiger partial charge on any atom is -0.497 e. The molecule has 0 aliphatic rings. The highest BCUT2D eigenvalue weighted by Crippen LogP contribution is 2.23. The Morgan fingerprint density at radius 3 is 2.49 bits per heavy atom. The summed E-state index contributed by atoms with van der Waals surface area (Å²) in [6.07, 6.45) is 10.3. The van der Waals surface area contributed by atoms with E-state index in [9.17, 15) is 9.18 Å². The van der Waals surface area contributed by atoms with Crippen molar-refractivity contribution in [2.24, 2.45) is 0 Å². The van der Waals surface area contributed by atoms with Gasteiger partial charge in [-0.1, -0.05) is 12.7 Å². The number of amides is 1. The van der Waals surface area contributed by atoms with Crippen LogP contribution in [0.5, 0.6) is 11.5 Å². The Kier molecular flexibility index (Phi) is 8.56. The van der Waals surface area contributed by atoms with Gasteiger partial charge in [0.25, 0.3) is 0 Å². The van der Waals surface area contributed by atoms with Crippen molar-refractivity contribution in [3.05, 3.63) is 102 Å². The third-order valence-corrected chi connectivity index (χ3v) is 5.33. The van der Waals surface area contributed by atoms with Gasteiger partial charge in [-0.25, -0.2) is 9.97 Å². The van der Waals surface area contributed by atoms with Crippen LogP contribution in [0.1, 0.15) is 16.8 Å². The molecule has 3 aromatic rings.